The van der Waals surface area contributed by atoms with E-state index in [1.165, 1.54) is 7.11 Å². The zero-order chi connectivity index (χ0) is 26.6. The Morgan fingerprint density at radius 3 is 2.22 bits per heavy atom. The minimum absolute atomic E-state index is 0.00116. The van der Waals surface area contributed by atoms with Crippen molar-refractivity contribution in [3.8, 4) is 11.5 Å². The van der Waals surface area contributed by atoms with Crippen LogP contribution in [0, 0.1) is 6.92 Å². The summed E-state index contributed by atoms with van der Waals surface area (Å²) in [5.74, 6) is 0.696. The normalized spacial score (nSPS) is 13.8. The number of carbonyl (C=O) groups is 1. The van der Waals surface area contributed by atoms with Crippen LogP contribution in [0.2, 0.25) is 5.02 Å². The van der Waals surface area contributed by atoms with Crippen LogP contribution < -0.4 is 18.7 Å². The number of nitrogens with zero attached hydrogens (tertiary/aromatic N) is 3. The summed E-state index contributed by atoms with van der Waals surface area (Å²) < 4.78 is 39.7. The van der Waals surface area contributed by atoms with E-state index in [0.29, 0.717) is 36.9 Å². The van der Waals surface area contributed by atoms with Gasteiger partial charge in [0.2, 0.25) is 5.91 Å². The van der Waals surface area contributed by atoms with Crippen LogP contribution in [0.25, 0.3) is 0 Å². The predicted molar refractivity (Wildman–Crippen MR) is 146 cm³/mol. The first-order chi connectivity index (χ1) is 17.7. The van der Waals surface area contributed by atoms with Crippen molar-refractivity contribution >= 4 is 38.9 Å². The second kappa shape index (κ2) is 11.3. The van der Waals surface area contributed by atoms with Crippen LogP contribution in [0.5, 0.6) is 11.5 Å². The second-order valence-electron chi connectivity index (χ2n) is 8.68. The van der Waals surface area contributed by atoms with Crippen molar-refractivity contribution in [2.75, 3.05) is 56.1 Å². The number of sulfonamides is 1. The van der Waals surface area contributed by atoms with Crippen molar-refractivity contribution in [1.29, 1.82) is 0 Å². The van der Waals surface area contributed by atoms with E-state index < -0.39 is 10.0 Å². The molecule has 196 valence electrons. The smallest absolute Gasteiger partial charge is 0.268 e. The predicted octanol–water partition coefficient (Wildman–Crippen LogP) is 4.21. The molecule has 1 saturated heterocycles. The summed E-state index contributed by atoms with van der Waals surface area (Å²) in [7, 11) is -1.09. The average molecular weight is 544 g/mol. The molecule has 0 N–H and O–H groups in total. The molecule has 0 bridgehead atoms. The van der Waals surface area contributed by atoms with Gasteiger partial charge in [-0.3, -0.25) is 9.10 Å². The summed E-state index contributed by atoms with van der Waals surface area (Å²) in [6.45, 7) is 3.57. The first-order valence-electron chi connectivity index (χ1n) is 11.8. The molecule has 8 nitrogen and oxygen atoms in total. The lowest BCUT2D eigenvalue weighted by atomic mass is 10.2. The van der Waals surface area contributed by atoms with E-state index in [1.807, 2.05) is 24.3 Å². The number of para-hydroxylation sites is 2. The van der Waals surface area contributed by atoms with Gasteiger partial charge in [-0.1, -0.05) is 29.8 Å². The molecule has 0 spiro atoms. The molecule has 4 rings (SSSR count). The summed E-state index contributed by atoms with van der Waals surface area (Å²) >= 11 is 6.05. The van der Waals surface area contributed by atoms with Crippen molar-refractivity contribution in [2.24, 2.45) is 0 Å². The summed E-state index contributed by atoms with van der Waals surface area (Å²) in [4.78, 5) is 17.3. The average Bonchev–Trinajstić information content (AvgIpc) is 2.92. The Hall–Kier alpha value is -3.43. The van der Waals surface area contributed by atoms with Gasteiger partial charge in [-0.05, 0) is 61.0 Å². The number of halogens is 1. The van der Waals surface area contributed by atoms with E-state index in [4.69, 9.17) is 21.1 Å². The van der Waals surface area contributed by atoms with Crippen LogP contribution in [0.15, 0.2) is 71.6 Å². The van der Waals surface area contributed by atoms with Crippen molar-refractivity contribution in [1.82, 2.24) is 4.90 Å². The molecule has 0 radical (unpaired) electrons. The number of carbonyl (C=O) groups excluding carboxylic acids is 1. The molecule has 1 fully saturated rings. The van der Waals surface area contributed by atoms with Crippen molar-refractivity contribution in [3.63, 3.8) is 0 Å². The van der Waals surface area contributed by atoms with Crippen molar-refractivity contribution in [2.45, 2.75) is 11.8 Å². The van der Waals surface area contributed by atoms with E-state index in [1.54, 1.807) is 61.4 Å². The van der Waals surface area contributed by atoms with E-state index in [9.17, 15) is 13.2 Å². The number of hydrogen-bond donors (Lipinski definition) is 0. The first-order valence-corrected chi connectivity index (χ1v) is 13.6. The molecule has 1 heterocycles. The summed E-state index contributed by atoms with van der Waals surface area (Å²) in [5.41, 5.74) is 2.07. The van der Waals surface area contributed by atoms with E-state index in [2.05, 4.69) is 4.90 Å². The third-order valence-electron chi connectivity index (χ3n) is 6.34. The third kappa shape index (κ3) is 5.78. The van der Waals surface area contributed by atoms with E-state index >= 15 is 0 Å². The number of methoxy groups -OCH3 is 2. The Morgan fingerprint density at radius 2 is 1.57 bits per heavy atom. The highest BCUT2D eigenvalue weighted by atomic mass is 35.5. The van der Waals surface area contributed by atoms with Gasteiger partial charge in [-0.25, -0.2) is 8.42 Å². The highest BCUT2D eigenvalue weighted by molar-refractivity contribution is 7.93. The van der Waals surface area contributed by atoms with E-state index in [-0.39, 0.29) is 23.1 Å². The topological polar surface area (TPSA) is 79.4 Å². The van der Waals surface area contributed by atoms with Gasteiger partial charge >= 0.3 is 0 Å². The number of ether oxygens (including phenoxy) is 2. The van der Waals surface area contributed by atoms with E-state index in [0.717, 1.165) is 21.3 Å². The van der Waals surface area contributed by atoms with Gasteiger partial charge in [0.15, 0.2) is 0 Å². The Labute approximate surface area is 223 Å². The summed E-state index contributed by atoms with van der Waals surface area (Å²) in [5, 5.41) is 0.466. The number of amides is 1. The van der Waals surface area contributed by atoms with Gasteiger partial charge < -0.3 is 19.3 Å². The zero-order valence-corrected chi connectivity index (χ0v) is 22.6. The number of aryl methyl sites for hydroxylation is 1. The summed E-state index contributed by atoms with van der Waals surface area (Å²) in [6, 6.07) is 19.1. The molecule has 1 amide bonds. The largest absolute Gasteiger partial charge is 0.495 e. The molecule has 0 unspecified atom stereocenters. The summed E-state index contributed by atoms with van der Waals surface area (Å²) in [6.07, 6.45) is 0. The van der Waals surface area contributed by atoms with Gasteiger partial charge in [-0.15, -0.1) is 0 Å². The molecule has 37 heavy (non-hydrogen) atoms. The van der Waals surface area contributed by atoms with Crippen LogP contribution in [0.4, 0.5) is 11.4 Å². The first kappa shape index (κ1) is 26.6. The number of piperazine rings is 1. The molecule has 1 aliphatic rings. The standard InChI is InChI=1S/C27H30ClN3O5S/c1-20-8-13-25(36-3)26(18-20)37(33,34)31(22-11-9-21(28)10-12-22)19-27(32)30-16-14-29(15-17-30)23-6-4-5-7-24(23)35-2/h4-13,18H,14-17,19H2,1-3H3. The number of anilines is 2. The highest BCUT2D eigenvalue weighted by Crippen LogP contribution is 2.32. The van der Waals surface area contributed by atoms with Gasteiger partial charge in [0.05, 0.1) is 25.6 Å². The number of benzene rings is 3. The molecule has 0 aromatic heterocycles. The molecule has 0 aliphatic carbocycles. The van der Waals surface area contributed by atoms with Crippen LogP contribution in [-0.2, 0) is 14.8 Å². The Kier molecular flexibility index (Phi) is 8.14. The second-order valence-corrected chi connectivity index (χ2v) is 10.9. The third-order valence-corrected chi connectivity index (χ3v) is 8.39. The van der Waals surface area contributed by atoms with Gasteiger partial charge in [0.1, 0.15) is 22.9 Å². The molecule has 1 aliphatic heterocycles. The fourth-order valence-corrected chi connectivity index (χ4v) is 6.12. The number of rotatable bonds is 8. The zero-order valence-electron chi connectivity index (χ0n) is 21.1. The minimum Gasteiger partial charge on any atom is -0.495 e. The lowest BCUT2D eigenvalue weighted by molar-refractivity contribution is -0.129. The van der Waals surface area contributed by atoms with Gasteiger partial charge in [0, 0.05) is 31.2 Å². The molecular weight excluding hydrogens is 514 g/mol. The lowest BCUT2D eigenvalue weighted by Crippen LogP contribution is -2.52. The Balaban J connectivity index is 1.58. The molecule has 3 aromatic rings. The van der Waals surface area contributed by atoms with Crippen LogP contribution >= 0.6 is 11.6 Å². The number of hydrogen-bond acceptors (Lipinski definition) is 6. The Bertz CT molecular complexity index is 1360. The van der Waals surface area contributed by atoms with Crippen LogP contribution in [0.3, 0.4) is 0 Å². The molecular formula is C27H30ClN3O5S. The minimum atomic E-state index is -4.14. The van der Waals surface area contributed by atoms with Crippen LogP contribution in [0.1, 0.15) is 5.56 Å². The van der Waals surface area contributed by atoms with Crippen LogP contribution in [-0.4, -0.2) is 66.2 Å². The maximum Gasteiger partial charge on any atom is 0.268 e. The van der Waals surface area contributed by atoms with Gasteiger partial charge in [0.25, 0.3) is 10.0 Å². The maximum absolute atomic E-state index is 13.9. The highest BCUT2D eigenvalue weighted by Gasteiger charge is 2.32. The monoisotopic (exact) mass is 543 g/mol. The SMILES string of the molecule is COc1ccccc1N1CCN(C(=O)CN(c2ccc(Cl)cc2)S(=O)(=O)c2cc(C)ccc2OC)CC1. The maximum atomic E-state index is 13.9. The van der Waals surface area contributed by atoms with Crippen molar-refractivity contribution in [3.05, 3.63) is 77.3 Å². The lowest BCUT2D eigenvalue weighted by Gasteiger charge is -2.37. The Morgan fingerprint density at radius 1 is 0.919 bits per heavy atom. The quantitative estimate of drug-likeness (QED) is 0.423. The molecule has 0 saturated carbocycles. The molecule has 10 heteroatoms. The fraction of sp³-hybridized carbons (Fsp3) is 0.296. The van der Waals surface area contributed by atoms with Crippen molar-refractivity contribution < 1.29 is 22.7 Å². The van der Waals surface area contributed by atoms with Gasteiger partial charge in [-0.2, -0.15) is 0 Å². The fourth-order valence-electron chi connectivity index (χ4n) is 4.34. The molecule has 3 aromatic carbocycles. The molecule has 0 atom stereocenters.